The van der Waals surface area contributed by atoms with Gasteiger partial charge in [0.1, 0.15) is 11.5 Å². The number of rotatable bonds is 7. The number of furan rings is 1. The summed E-state index contributed by atoms with van der Waals surface area (Å²) in [6.45, 7) is 3.91. The molecule has 0 atom stereocenters. The number of halogens is 1. The van der Waals surface area contributed by atoms with Crippen LogP contribution in [0.5, 0.6) is 0 Å². The normalized spacial score (nSPS) is 14.6. The Balaban J connectivity index is 1.50. The van der Waals surface area contributed by atoms with Gasteiger partial charge in [-0.1, -0.05) is 23.7 Å². The van der Waals surface area contributed by atoms with E-state index in [1.165, 1.54) is 12.8 Å². The Morgan fingerprint density at radius 1 is 1.29 bits per heavy atom. The molecule has 0 saturated heterocycles. The van der Waals surface area contributed by atoms with Crippen LogP contribution in [0.3, 0.4) is 0 Å². The standard InChI is InChI=1S/C17H20ClNO2/c1-12-14(8-17(21-12)9-19-16-5-6-16)11-20-10-13-3-2-4-15(18)7-13/h2-4,7-8,16,19H,5-6,9-11H2,1H3. The third-order valence-corrected chi connectivity index (χ3v) is 3.86. The first-order chi connectivity index (χ1) is 10.2. The minimum absolute atomic E-state index is 0.556. The van der Waals surface area contributed by atoms with Crippen molar-refractivity contribution in [3.8, 4) is 0 Å². The van der Waals surface area contributed by atoms with Crippen molar-refractivity contribution < 1.29 is 9.15 Å². The van der Waals surface area contributed by atoms with E-state index < -0.39 is 0 Å². The minimum atomic E-state index is 0.556. The summed E-state index contributed by atoms with van der Waals surface area (Å²) in [7, 11) is 0. The molecular formula is C17H20ClNO2. The molecule has 1 aromatic carbocycles. The van der Waals surface area contributed by atoms with Gasteiger partial charge in [0.2, 0.25) is 0 Å². The molecule has 2 aromatic rings. The fourth-order valence-electron chi connectivity index (χ4n) is 2.26. The van der Waals surface area contributed by atoms with Crippen LogP contribution in [0.25, 0.3) is 0 Å². The Morgan fingerprint density at radius 2 is 2.14 bits per heavy atom. The second-order valence-electron chi connectivity index (χ2n) is 5.57. The number of nitrogens with one attached hydrogen (secondary N) is 1. The summed E-state index contributed by atoms with van der Waals surface area (Å²) in [5.74, 6) is 1.93. The van der Waals surface area contributed by atoms with E-state index in [0.717, 1.165) is 34.2 Å². The molecular weight excluding hydrogens is 286 g/mol. The molecule has 0 amide bonds. The number of aryl methyl sites for hydroxylation is 1. The molecule has 1 N–H and O–H groups in total. The first-order valence-corrected chi connectivity index (χ1v) is 7.72. The van der Waals surface area contributed by atoms with E-state index in [2.05, 4.69) is 11.4 Å². The molecule has 0 spiro atoms. The van der Waals surface area contributed by atoms with Crippen molar-refractivity contribution in [3.63, 3.8) is 0 Å². The van der Waals surface area contributed by atoms with Gasteiger partial charge in [-0.05, 0) is 43.5 Å². The average molecular weight is 306 g/mol. The van der Waals surface area contributed by atoms with Gasteiger partial charge in [0.25, 0.3) is 0 Å². The zero-order valence-electron chi connectivity index (χ0n) is 12.2. The minimum Gasteiger partial charge on any atom is -0.465 e. The molecule has 3 nitrogen and oxygen atoms in total. The summed E-state index contributed by atoms with van der Waals surface area (Å²) < 4.78 is 11.5. The van der Waals surface area contributed by atoms with Crippen molar-refractivity contribution in [2.24, 2.45) is 0 Å². The van der Waals surface area contributed by atoms with Gasteiger partial charge >= 0.3 is 0 Å². The van der Waals surface area contributed by atoms with Crippen molar-refractivity contribution in [1.82, 2.24) is 5.32 Å². The first kappa shape index (κ1) is 14.6. The summed E-state index contributed by atoms with van der Waals surface area (Å²) in [4.78, 5) is 0. The van der Waals surface area contributed by atoms with Crippen molar-refractivity contribution in [1.29, 1.82) is 0 Å². The Morgan fingerprint density at radius 3 is 2.90 bits per heavy atom. The topological polar surface area (TPSA) is 34.4 Å². The van der Waals surface area contributed by atoms with E-state index in [1.807, 2.05) is 31.2 Å². The molecule has 1 fully saturated rings. The lowest BCUT2D eigenvalue weighted by Crippen LogP contribution is -2.14. The van der Waals surface area contributed by atoms with Crippen molar-refractivity contribution in [2.75, 3.05) is 0 Å². The summed E-state index contributed by atoms with van der Waals surface area (Å²) in [5.41, 5.74) is 2.20. The van der Waals surface area contributed by atoms with Crippen LogP contribution in [0, 0.1) is 6.92 Å². The highest BCUT2D eigenvalue weighted by Gasteiger charge is 2.20. The molecule has 1 aliphatic rings. The molecule has 0 unspecified atom stereocenters. The summed E-state index contributed by atoms with van der Waals surface area (Å²) in [5, 5.41) is 4.19. The van der Waals surface area contributed by atoms with Gasteiger partial charge in [-0.25, -0.2) is 0 Å². The lowest BCUT2D eigenvalue weighted by Gasteiger charge is -2.04. The molecule has 112 valence electrons. The van der Waals surface area contributed by atoms with Crippen molar-refractivity contribution >= 4 is 11.6 Å². The van der Waals surface area contributed by atoms with E-state index in [1.54, 1.807) is 0 Å². The largest absolute Gasteiger partial charge is 0.465 e. The molecule has 0 radical (unpaired) electrons. The first-order valence-electron chi connectivity index (χ1n) is 7.34. The van der Waals surface area contributed by atoms with Gasteiger partial charge in [-0.3, -0.25) is 0 Å². The van der Waals surface area contributed by atoms with Gasteiger partial charge < -0.3 is 14.5 Å². The van der Waals surface area contributed by atoms with Gasteiger partial charge in [0, 0.05) is 16.6 Å². The van der Waals surface area contributed by atoms with E-state index in [9.17, 15) is 0 Å². The van der Waals surface area contributed by atoms with E-state index in [0.29, 0.717) is 19.3 Å². The number of ether oxygens (including phenoxy) is 1. The van der Waals surface area contributed by atoms with Crippen LogP contribution in [0.4, 0.5) is 0 Å². The van der Waals surface area contributed by atoms with E-state index in [-0.39, 0.29) is 0 Å². The average Bonchev–Trinajstić information content (AvgIpc) is 3.22. The molecule has 4 heteroatoms. The van der Waals surface area contributed by atoms with Crippen LogP contribution in [0.15, 0.2) is 34.7 Å². The smallest absolute Gasteiger partial charge is 0.118 e. The van der Waals surface area contributed by atoms with Gasteiger partial charge in [-0.15, -0.1) is 0 Å². The lowest BCUT2D eigenvalue weighted by molar-refractivity contribution is 0.106. The lowest BCUT2D eigenvalue weighted by atomic mass is 10.2. The Kier molecular flexibility index (Phi) is 4.63. The maximum absolute atomic E-state index is 5.96. The molecule has 1 heterocycles. The van der Waals surface area contributed by atoms with Crippen LogP contribution < -0.4 is 5.32 Å². The third kappa shape index (κ3) is 4.34. The third-order valence-electron chi connectivity index (χ3n) is 3.63. The second kappa shape index (κ2) is 6.65. The predicted octanol–water partition coefficient (Wildman–Crippen LogP) is 4.21. The van der Waals surface area contributed by atoms with Crippen molar-refractivity contribution in [2.45, 2.75) is 45.6 Å². The molecule has 3 rings (SSSR count). The highest BCUT2D eigenvalue weighted by Crippen LogP contribution is 2.21. The summed E-state index contributed by atoms with van der Waals surface area (Å²) in [6, 6.07) is 10.5. The van der Waals surface area contributed by atoms with Crippen LogP contribution in [-0.2, 0) is 24.5 Å². The highest BCUT2D eigenvalue weighted by molar-refractivity contribution is 6.30. The quantitative estimate of drug-likeness (QED) is 0.832. The summed E-state index contributed by atoms with van der Waals surface area (Å²) in [6.07, 6.45) is 2.57. The molecule has 1 saturated carbocycles. The Bertz CT molecular complexity index is 605. The van der Waals surface area contributed by atoms with Crippen LogP contribution >= 0.6 is 11.6 Å². The van der Waals surface area contributed by atoms with Crippen LogP contribution in [-0.4, -0.2) is 6.04 Å². The molecule has 1 aliphatic carbocycles. The predicted molar refractivity (Wildman–Crippen MR) is 83.3 cm³/mol. The van der Waals surface area contributed by atoms with E-state index >= 15 is 0 Å². The van der Waals surface area contributed by atoms with Crippen molar-refractivity contribution in [3.05, 3.63) is 58.0 Å². The van der Waals surface area contributed by atoms with E-state index in [4.69, 9.17) is 20.8 Å². The Labute approximate surface area is 130 Å². The SMILES string of the molecule is Cc1oc(CNC2CC2)cc1COCc1cccc(Cl)c1. The monoisotopic (exact) mass is 305 g/mol. The molecule has 0 bridgehead atoms. The maximum Gasteiger partial charge on any atom is 0.118 e. The fourth-order valence-corrected chi connectivity index (χ4v) is 2.47. The number of hydrogen-bond acceptors (Lipinski definition) is 3. The van der Waals surface area contributed by atoms with Crippen LogP contribution in [0.2, 0.25) is 5.02 Å². The maximum atomic E-state index is 5.96. The number of benzene rings is 1. The second-order valence-corrected chi connectivity index (χ2v) is 6.01. The zero-order valence-corrected chi connectivity index (χ0v) is 13.0. The Hall–Kier alpha value is -1.29. The fraction of sp³-hybridized carbons (Fsp3) is 0.412. The molecule has 21 heavy (non-hydrogen) atoms. The van der Waals surface area contributed by atoms with Gasteiger partial charge in [0.15, 0.2) is 0 Å². The van der Waals surface area contributed by atoms with Gasteiger partial charge in [-0.2, -0.15) is 0 Å². The summed E-state index contributed by atoms with van der Waals surface area (Å²) >= 11 is 5.96. The highest BCUT2D eigenvalue weighted by atomic mass is 35.5. The molecule has 0 aliphatic heterocycles. The van der Waals surface area contributed by atoms with Crippen LogP contribution in [0.1, 0.15) is 35.5 Å². The van der Waals surface area contributed by atoms with Gasteiger partial charge in [0.05, 0.1) is 19.8 Å². The zero-order chi connectivity index (χ0) is 14.7. The molecule has 1 aromatic heterocycles. The number of hydrogen-bond donors (Lipinski definition) is 1.